The number of hydrogen-bond acceptors (Lipinski definition) is 1. The van der Waals surface area contributed by atoms with E-state index in [1.165, 1.54) is 32.1 Å². The van der Waals surface area contributed by atoms with Crippen LogP contribution in [0, 0.1) is 0 Å². The average molecular weight is 157 g/mol. The van der Waals surface area contributed by atoms with E-state index < -0.39 is 0 Å². The van der Waals surface area contributed by atoms with Crippen LogP contribution in [0.15, 0.2) is 0 Å². The molecular weight excluding hydrogens is 139 g/mol. The Morgan fingerprint density at radius 2 is 1.40 bits per heavy atom. The van der Waals surface area contributed by atoms with Crippen molar-refractivity contribution in [2.75, 3.05) is 6.61 Å². The topological polar surface area (TPSA) is 20.2 Å². The second kappa shape index (κ2) is 12.2. The van der Waals surface area contributed by atoms with Crippen LogP contribution >= 0.6 is 0 Å². The van der Waals surface area contributed by atoms with Crippen molar-refractivity contribution >= 4 is 17.4 Å². The van der Waals surface area contributed by atoms with Gasteiger partial charge in [0.25, 0.3) is 0 Å². The molecule has 2 heteroatoms. The molecule has 0 aliphatic carbocycles. The molecular formula is C8H18AlO. The maximum absolute atomic E-state index is 8.42. The molecule has 0 saturated heterocycles. The van der Waals surface area contributed by atoms with E-state index >= 15 is 0 Å². The summed E-state index contributed by atoms with van der Waals surface area (Å²) in [5.41, 5.74) is 0. The van der Waals surface area contributed by atoms with Crippen molar-refractivity contribution in [3.8, 4) is 0 Å². The molecule has 0 aliphatic heterocycles. The number of hydrogen-bond donors (Lipinski definition) is 1. The predicted molar refractivity (Wildman–Crippen MR) is 46.2 cm³/mol. The third kappa shape index (κ3) is 11.3. The minimum Gasteiger partial charge on any atom is -0.396 e. The first-order valence-corrected chi connectivity index (χ1v) is 4.02. The zero-order valence-electron chi connectivity index (χ0n) is 6.97. The van der Waals surface area contributed by atoms with Gasteiger partial charge >= 0.3 is 0 Å². The van der Waals surface area contributed by atoms with Crippen LogP contribution in [-0.4, -0.2) is 29.1 Å². The van der Waals surface area contributed by atoms with Crippen LogP contribution in [0.25, 0.3) is 0 Å². The lowest BCUT2D eigenvalue weighted by Gasteiger charge is -1.95. The fourth-order valence-electron chi connectivity index (χ4n) is 0.892. The third-order valence-corrected chi connectivity index (χ3v) is 1.51. The lowest BCUT2D eigenvalue weighted by Crippen LogP contribution is -1.82. The molecule has 0 unspecified atom stereocenters. The van der Waals surface area contributed by atoms with E-state index in [4.69, 9.17) is 5.11 Å². The molecule has 0 atom stereocenters. The highest BCUT2D eigenvalue weighted by atomic mass is 27.0. The fourth-order valence-corrected chi connectivity index (χ4v) is 0.892. The third-order valence-electron chi connectivity index (χ3n) is 1.51. The van der Waals surface area contributed by atoms with Crippen LogP contribution < -0.4 is 0 Å². The van der Waals surface area contributed by atoms with E-state index in [2.05, 4.69) is 6.92 Å². The van der Waals surface area contributed by atoms with Crippen LogP contribution in [0.2, 0.25) is 0 Å². The van der Waals surface area contributed by atoms with Crippen molar-refractivity contribution < 1.29 is 5.11 Å². The van der Waals surface area contributed by atoms with E-state index in [9.17, 15) is 0 Å². The van der Waals surface area contributed by atoms with Crippen LogP contribution in [0.3, 0.4) is 0 Å². The van der Waals surface area contributed by atoms with Gasteiger partial charge in [0.15, 0.2) is 0 Å². The molecule has 0 aromatic rings. The summed E-state index contributed by atoms with van der Waals surface area (Å²) < 4.78 is 0. The standard InChI is InChI=1S/C8H18O.Al/c1-2-3-4-5-6-7-8-9;/h9H,2-8H2,1H3;. The van der Waals surface area contributed by atoms with Gasteiger partial charge in [0, 0.05) is 24.0 Å². The highest BCUT2D eigenvalue weighted by molar-refractivity contribution is 5.75. The second-order valence-electron chi connectivity index (χ2n) is 2.49. The van der Waals surface area contributed by atoms with Crippen LogP contribution in [-0.2, 0) is 0 Å². The summed E-state index contributed by atoms with van der Waals surface area (Å²) in [6.45, 7) is 2.58. The van der Waals surface area contributed by atoms with Crippen molar-refractivity contribution in [2.45, 2.75) is 45.4 Å². The van der Waals surface area contributed by atoms with Crippen molar-refractivity contribution in [1.29, 1.82) is 0 Å². The van der Waals surface area contributed by atoms with Gasteiger partial charge in [-0.25, -0.2) is 0 Å². The Kier molecular flexibility index (Phi) is 16.0. The molecule has 0 amide bonds. The molecule has 0 rings (SSSR count). The fraction of sp³-hybridized carbons (Fsp3) is 1.00. The quantitative estimate of drug-likeness (QED) is 0.461. The van der Waals surface area contributed by atoms with Gasteiger partial charge < -0.3 is 5.11 Å². The molecule has 10 heavy (non-hydrogen) atoms. The lowest BCUT2D eigenvalue weighted by molar-refractivity contribution is 0.282. The Bertz CT molecular complexity index is 42.5. The van der Waals surface area contributed by atoms with Crippen molar-refractivity contribution in [3.63, 3.8) is 0 Å². The average Bonchev–Trinajstić information content (AvgIpc) is 1.89. The van der Waals surface area contributed by atoms with Gasteiger partial charge in [-0.15, -0.1) is 0 Å². The van der Waals surface area contributed by atoms with Gasteiger partial charge in [-0.3, -0.25) is 0 Å². The number of unbranched alkanes of at least 4 members (excludes halogenated alkanes) is 5. The van der Waals surface area contributed by atoms with Gasteiger partial charge in [-0.05, 0) is 6.42 Å². The minimum absolute atomic E-state index is 0. The summed E-state index contributed by atoms with van der Waals surface area (Å²) >= 11 is 0. The molecule has 0 fully saturated rings. The molecule has 0 saturated carbocycles. The highest BCUT2D eigenvalue weighted by Gasteiger charge is 1.86. The molecule has 0 aromatic heterocycles. The van der Waals surface area contributed by atoms with Crippen molar-refractivity contribution in [3.05, 3.63) is 0 Å². The molecule has 1 nitrogen and oxygen atoms in total. The number of aliphatic hydroxyl groups is 1. The van der Waals surface area contributed by atoms with Crippen LogP contribution in [0.4, 0.5) is 0 Å². The number of rotatable bonds is 6. The van der Waals surface area contributed by atoms with Gasteiger partial charge in [-0.1, -0.05) is 39.0 Å². The van der Waals surface area contributed by atoms with E-state index in [-0.39, 0.29) is 17.4 Å². The molecule has 0 bridgehead atoms. The predicted octanol–water partition coefficient (Wildman–Crippen LogP) is 1.96. The van der Waals surface area contributed by atoms with Crippen molar-refractivity contribution in [1.82, 2.24) is 0 Å². The molecule has 59 valence electrons. The van der Waals surface area contributed by atoms with Crippen LogP contribution in [0.5, 0.6) is 0 Å². The first kappa shape index (κ1) is 13.1. The lowest BCUT2D eigenvalue weighted by atomic mass is 10.1. The van der Waals surface area contributed by atoms with Gasteiger partial charge in [0.05, 0.1) is 0 Å². The van der Waals surface area contributed by atoms with E-state index in [1.54, 1.807) is 0 Å². The molecule has 3 radical (unpaired) electrons. The maximum Gasteiger partial charge on any atom is 0.0431 e. The monoisotopic (exact) mass is 157 g/mol. The summed E-state index contributed by atoms with van der Waals surface area (Å²) in [5.74, 6) is 0. The van der Waals surface area contributed by atoms with Crippen LogP contribution in [0.1, 0.15) is 45.4 Å². The smallest absolute Gasteiger partial charge is 0.0431 e. The number of aliphatic hydroxyl groups excluding tert-OH is 1. The summed E-state index contributed by atoms with van der Waals surface area (Å²) in [4.78, 5) is 0. The zero-order chi connectivity index (χ0) is 6.95. The zero-order valence-corrected chi connectivity index (χ0v) is 8.13. The first-order valence-electron chi connectivity index (χ1n) is 4.02. The Morgan fingerprint density at radius 1 is 0.900 bits per heavy atom. The molecule has 0 aromatic carbocycles. The Morgan fingerprint density at radius 3 is 1.90 bits per heavy atom. The SMILES string of the molecule is CCCCCCCCO.[Al]. The van der Waals surface area contributed by atoms with Gasteiger partial charge in [-0.2, -0.15) is 0 Å². The van der Waals surface area contributed by atoms with E-state index in [1.807, 2.05) is 0 Å². The Balaban J connectivity index is 0. The molecule has 0 heterocycles. The molecule has 0 spiro atoms. The normalized spacial score (nSPS) is 9.00. The highest BCUT2D eigenvalue weighted by Crippen LogP contribution is 2.03. The van der Waals surface area contributed by atoms with E-state index in [0.29, 0.717) is 6.61 Å². The summed E-state index contributed by atoms with van der Waals surface area (Å²) in [5, 5.41) is 8.42. The summed E-state index contributed by atoms with van der Waals surface area (Å²) in [6, 6.07) is 0. The summed E-state index contributed by atoms with van der Waals surface area (Å²) in [6.07, 6.45) is 7.50. The van der Waals surface area contributed by atoms with Crippen molar-refractivity contribution in [2.24, 2.45) is 0 Å². The summed E-state index contributed by atoms with van der Waals surface area (Å²) in [7, 11) is 0. The van der Waals surface area contributed by atoms with E-state index in [0.717, 1.165) is 6.42 Å². The largest absolute Gasteiger partial charge is 0.396 e. The van der Waals surface area contributed by atoms with Gasteiger partial charge in [0.2, 0.25) is 0 Å². The Hall–Kier alpha value is 0.492. The first-order chi connectivity index (χ1) is 4.41. The minimum atomic E-state index is 0. The Labute approximate surface area is 75.0 Å². The second-order valence-corrected chi connectivity index (χ2v) is 2.49. The van der Waals surface area contributed by atoms with Gasteiger partial charge in [0.1, 0.15) is 0 Å². The maximum atomic E-state index is 8.42. The molecule has 1 N–H and O–H groups in total. The molecule has 0 aliphatic rings.